The zero-order valence-corrected chi connectivity index (χ0v) is 11.4. The second-order valence-electron chi connectivity index (χ2n) is 3.89. The molecule has 0 aliphatic carbocycles. The van der Waals surface area contributed by atoms with Crippen molar-refractivity contribution in [1.29, 1.82) is 0 Å². The van der Waals surface area contributed by atoms with Gasteiger partial charge in [-0.2, -0.15) is 0 Å². The van der Waals surface area contributed by atoms with Crippen LogP contribution >= 0.6 is 11.6 Å². The molecule has 0 aromatic heterocycles. The van der Waals surface area contributed by atoms with Crippen LogP contribution in [0.25, 0.3) is 0 Å². The monoisotopic (exact) mass is 285 g/mol. The Hall–Kier alpha value is -1.75. The van der Waals surface area contributed by atoms with Crippen molar-refractivity contribution >= 4 is 23.5 Å². The lowest BCUT2D eigenvalue weighted by Crippen LogP contribution is -2.26. The van der Waals surface area contributed by atoms with E-state index in [-0.39, 0.29) is 13.0 Å². The lowest BCUT2D eigenvalue weighted by atomic mass is 10.2. The number of hydrogen-bond donors (Lipinski definition) is 2. The van der Waals surface area contributed by atoms with E-state index in [4.69, 9.17) is 21.4 Å². The van der Waals surface area contributed by atoms with Crippen LogP contribution in [0.5, 0.6) is 5.75 Å². The third-order valence-corrected chi connectivity index (χ3v) is 2.51. The Morgan fingerprint density at radius 2 is 2.16 bits per heavy atom. The zero-order chi connectivity index (χ0) is 14.3. The summed E-state index contributed by atoms with van der Waals surface area (Å²) in [6.45, 7) is 2.52. The number of benzene rings is 1. The highest BCUT2D eigenvalue weighted by Gasteiger charge is 2.13. The fraction of sp³-hybridized carbons (Fsp3) is 0.385. The first-order valence-electron chi connectivity index (χ1n) is 5.97. The molecule has 104 valence electrons. The fourth-order valence-electron chi connectivity index (χ4n) is 1.40. The second kappa shape index (κ2) is 7.63. The molecule has 0 aliphatic rings. The van der Waals surface area contributed by atoms with Gasteiger partial charge in [0.1, 0.15) is 5.75 Å². The number of nitrogens with one attached hydrogen (secondary N) is 1. The minimum Gasteiger partial charge on any atom is -0.493 e. The zero-order valence-electron chi connectivity index (χ0n) is 10.6. The molecule has 0 bridgehead atoms. The van der Waals surface area contributed by atoms with Crippen LogP contribution in [0.3, 0.4) is 0 Å². The first-order chi connectivity index (χ1) is 9.04. The molecule has 1 aromatic rings. The van der Waals surface area contributed by atoms with Gasteiger partial charge in [0.15, 0.2) is 0 Å². The molecule has 6 heteroatoms. The van der Waals surface area contributed by atoms with E-state index in [0.29, 0.717) is 22.9 Å². The second-order valence-corrected chi connectivity index (χ2v) is 4.33. The Bertz CT molecular complexity index is 462. The van der Waals surface area contributed by atoms with Crippen molar-refractivity contribution < 1.29 is 19.4 Å². The summed E-state index contributed by atoms with van der Waals surface area (Å²) in [5.74, 6) is -0.914. The van der Waals surface area contributed by atoms with Crippen LogP contribution in [0.4, 0.5) is 0 Å². The van der Waals surface area contributed by atoms with Gasteiger partial charge in [0.2, 0.25) is 0 Å². The SMILES string of the molecule is CCCOc1ccc(Cl)cc1C(=O)NCCC(=O)O. The molecule has 0 saturated carbocycles. The van der Waals surface area contributed by atoms with E-state index >= 15 is 0 Å². The first-order valence-corrected chi connectivity index (χ1v) is 6.34. The Morgan fingerprint density at radius 1 is 1.42 bits per heavy atom. The molecule has 0 saturated heterocycles. The first kappa shape index (κ1) is 15.3. The van der Waals surface area contributed by atoms with Crippen LogP contribution in [0.15, 0.2) is 18.2 Å². The van der Waals surface area contributed by atoms with Gasteiger partial charge < -0.3 is 15.2 Å². The van der Waals surface area contributed by atoms with Gasteiger partial charge in [-0.25, -0.2) is 0 Å². The van der Waals surface area contributed by atoms with Gasteiger partial charge in [0, 0.05) is 11.6 Å². The standard InChI is InChI=1S/C13H16ClNO4/c1-2-7-19-11-4-3-9(14)8-10(11)13(18)15-6-5-12(16)17/h3-4,8H,2,5-7H2,1H3,(H,15,18)(H,16,17). The summed E-state index contributed by atoms with van der Waals surface area (Å²) in [7, 11) is 0. The number of carbonyl (C=O) groups is 2. The van der Waals surface area contributed by atoms with Crippen molar-refractivity contribution in [3.8, 4) is 5.75 Å². The summed E-state index contributed by atoms with van der Waals surface area (Å²) in [6.07, 6.45) is 0.695. The number of carboxylic acids is 1. The highest BCUT2D eigenvalue weighted by atomic mass is 35.5. The van der Waals surface area contributed by atoms with Gasteiger partial charge in [0.25, 0.3) is 5.91 Å². The number of carboxylic acid groups (broad SMARTS) is 1. The van der Waals surface area contributed by atoms with Crippen LogP contribution in [-0.4, -0.2) is 30.1 Å². The van der Waals surface area contributed by atoms with Crippen LogP contribution in [-0.2, 0) is 4.79 Å². The Balaban J connectivity index is 2.75. The van der Waals surface area contributed by atoms with E-state index in [1.54, 1.807) is 12.1 Å². The van der Waals surface area contributed by atoms with Gasteiger partial charge in [0.05, 0.1) is 18.6 Å². The minimum atomic E-state index is -0.964. The largest absolute Gasteiger partial charge is 0.493 e. The third-order valence-electron chi connectivity index (χ3n) is 2.27. The molecule has 5 nitrogen and oxygen atoms in total. The molecule has 0 fully saturated rings. The topological polar surface area (TPSA) is 75.6 Å². The van der Waals surface area contributed by atoms with Crippen molar-refractivity contribution in [3.63, 3.8) is 0 Å². The summed E-state index contributed by atoms with van der Waals surface area (Å²) in [5.41, 5.74) is 0.311. The molecular formula is C13H16ClNO4. The maximum Gasteiger partial charge on any atom is 0.305 e. The van der Waals surface area contributed by atoms with Gasteiger partial charge in [-0.05, 0) is 24.6 Å². The summed E-state index contributed by atoms with van der Waals surface area (Å²) in [4.78, 5) is 22.3. The molecule has 0 spiro atoms. The highest BCUT2D eigenvalue weighted by molar-refractivity contribution is 6.31. The Kier molecular flexibility index (Phi) is 6.15. The summed E-state index contributed by atoms with van der Waals surface area (Å²) in [6, 6.07) is 4.77. The number of amides is 1. The average Bonchev–Trinajstić information content (AvgIpc) is 2.36. The maximum atomic E-state index is 11.9. The smallest absolute Gasteiger partial charge is 0.305 e. The van der Waals surface area contributed by atoms with Crippen LogP contribution in [0.1, 0.15) is 30.1 Å². The normalized spacial score (nSPS) is 10.0. The van der Waals surface area contributed by atoms with Crippen molar-refractivity contribution in [2.24, 2.45) is 0 Å². The summed E-state index contributed by atoms with van der Waals surface area (Å²) in [5, 5.41) is 11.5. The fourth-order valence-corrected chi connectivity index (χ4v) is 1.57. The third kappa shape index (κ3) is 5.18. The minimum absolute atomic E-state index is 0.0634. The molecular weight excluding hydrogens is 270 g/mol. The molecule has 2 N–H and O–H groups in total. The van der Waals surface area contributed by atoms with Crippen molar-refractivity contribution in [2.75, 3.05) is 13.2 Å². The van der Waals surface area contributed by atoms with E-state index in [1.807, 2.05) is 6.92 Å². The van der Waals surface area contributed by atoms with Crippen LogP contribution in [0, 0.1) is 0 Å². The van der Waals surface area contributed by atoms with Gasteiger partial charge in [-0.15, -0.1) is 0 Å². The lowest BCUT2D eigenvalue weighted by Gasteiger charge is -2.11. The van der Waals surface area contributed by atoms with E-state index in [0.717, 1.165) is 6.42 Å². The number of aliphatic carboxylic acids is 1. The van der Waals surface area contributed by atoms with E-state index in [2.05, 4.69) is 5.32 Å². The van der Waals surface area contributed by atoms with Gasteiger partial charge in [-0.1, -0.05) is 18.5 Å². The average molecular weight is 286 g/mol. The highest BCUT2D eigenvalue weighted by Crippen LogP contribution is 2.23. The quantitative estimate of drug-likeness (QED) is 0.806. The molecule has 0 aliphatic heterocycles. The molecule has 0 unspecified atom stereocenters. The lowest BCUT2D eigenvalue weighted by molar-refractivity contribution is -0.136. The number of rotatable bonds is 7. The van der Waals surface area contributed by atoms with E-state index in [1.165, 1.54) is 6.07 Å². The number of carbonyl (C=O) groups excluding carboxylic acids is 1. The number of hydrogen-bond acceptors (Lipinski definition) is 3. The number of ether oxygens (including phenoxy) is 1. The summed E-state index contributed by atoms with van der Waals surface area (Å²) >= 11 is 5.85. The maximum absolute atomic E-state index is 11.9. The molecule has 0 radical (unpaired) electrons. The summed E-state index contributed by atoms with van der Waals surface area (Å²) < 4.78 is 5.45. The predicted molar refractivity (Wildman–Crippen MR) is 71.8 cm³/mol. The molecule has 1 amide bonds. The van der Waals surface area contributed by atoms with Crippen LogP contribution < -0.4 is 10.1 Å². The Labute approximate surface area is 116 Å². The van der Waals surface area contributed by atoms with Crippen LogP contribution in [0.2, 0.25) is 5.02 Å². The molecule has 1 rings (SSSR count). The van der Waals surface area contributed by atoms with Gasteiger partial charge >= 0.3 is 5.97 Å². The number of halogens is 1. The molecule has 0 heterocycles. The molecule has 0 atom stereocenters. The van der Waals surface area contributed by atoms with Crippen molar-refractivity contribution in [1.82, 2.24) is 5.32 Å². The molecule has 1 aromatic carbocycles. The van der Waals surface area contributed by atoms with E-state index < -0.39 is 11.9 Å². The van der Waals surface area contributed by atoms with Gasteiger partial charge in [-0.3, -0.25) is 9.59 Å². The predicted octanol–water partition coefficient (Wildman–Crippen LogP) is 2.33. The Morgan fingerprint density at radius 3 is 2.79 bits per heavy atom. The van der Waals surface area contributed by atoms with Crippen molar-refractivity contribution in [3.05, 3.63) is 28.8 Å². The molecule has 19 heavy (non-hydrogen) atoms. The van der Waals surface area contributed by atoms with Crippen molar-refractivity contribution in [2.45, 2.75) is 19.8 Å². The van der Waals surface area contributed by atoms with E-state index in [9.17, 15) is 9.59 Å².